The quantitative estimate of drug-likeness (QED) is 0.818. The highest BCUT2D eigenvalue weighted by atomic mass is 19.1. The molecule has 2 heterocycles. The SMILES string of the molecule is N#CCC1CCN(c2ccc(N3CC(CNC(=O)O)OC3=O)cc2F)CC1. The number of hydrogen-bond acceptors (Lipinski definition) is 5. The van der Waals surface area contributed by atoms with Crippen LogP contribution in [-0.4, -0.2) is 49.6 Å². The van der Waals surface area contributed by atoms with Crippen molar-refractivity contribution in [1.82, 2.24) is 5.32 Å². The Hall–Kier alpha value is -3.02. The molecule has 2 fully saturated rings. The number of rotatable bonds is 5. The number of hydrogen-bond donors (Lipinski definition) is 2. The monoisotopic (exact) mass is 376 g/mol. The van der Waals surface area contributed by atoms with Gasteiger partial charge in [-0.15, -0.1) is 0 Å². The van der Waals surface area contributed by atoms with Crippen molar-refractivity contribution >= 4 is 23.6 Å². The number of halogens is 1. The van der Waals surface area contributed by atoms with Crippen molar-refractivity contribution in [2.75, 3.05) is 36.0 Å². The number of benzene rings is 1. The van der Waals surface area contributed by atoms with Gasteiger partial charge in [0.25, 0.3) is 0 Å². The van der Waals surface area contributed by atoms with Gasteiger partial charge in [-0.3, -0.25) is 4.90 Å². The number of anilines is 2. The first-order valence-electron chi connectivity index (χ1n) is 8.84. The summed E-state index contributed by atoms with van der Waals surface area (Å²) >= 11 is 0. The third kappa shape index (κ3) is 4.39. The van der Waals surface area contributed by atoms with E-state index in [-0.39, 0.29) is 13.1 Å². The second-order valence-corrected chi connectivity index (χ2v) is 6.73. The van der Waals surface area contributed by atoms with Gasteiger partial charge in [0.1, 0.15) is 11.9 Å². The van der Waals surface area contributed by atoms with E-state index >= 15 is 0 Å². The molecule has 2 saturated heterocycles. The van der Waals surface area contributed by atoms with Crippen molar-refractivity contribution in [3.05, 3.63) is 24.0 Å². The average Bonchev–Trinajstić information content (AvgIpc) is 3.02. The first kappa shape index (κ1) is 18.8. The van der Waals surface area contributed by atoms with Crippen molar-refractivity contribution in [1.29, 1.82) is 5.26 Å². The maximum atomic E-state index is 14.6. The van der Waals surface area contributed by atoms with Crippen LogP contribution in [0.5, 0.6) is 0 Å². The molecule has 0 bridgehead atoms. The Morgan fingerprint density at radius 2 is 2.15 bits per heavy atom. The second kappa shape index (κ2) is 8.12. The first-order chi connectivity index (χ1) is 13.0. The third-order valence-corrected chi connectivity index (χ3v) is 4.93. The Morgan fingerprint density at radius 1 is 1.41 bits per heavy atom. The van der Waals surface area contributed by atoms with Crippen LogP contribution in [0.1, 0.15) is 19.3 Å². The highest BCUT2D eigenvalue weighted by molar-refractivity contribution is 5.90. The zero-order chi connectivity index (χ0) is 19.4. The van der Waals surface area contributed by atoms with Crippen LogP contribution in [0.4, 0.5) is 25.4 Å². The molecule has 2 aliphatic heterocycles. The summed E-state index contributed by atoms with van der Waals surface area (Å²) in [6.45, 7) is 1.52. The van der Waals surface area contributed by atoms with Crippen LogP contribution in [0.15, 0.2) is 18.2 Å². The minimum Gasteiger partial charge on any atom is -0.465 e. The van der Waals surface area contributed by atoms with Gasteiger partial charge in [-0.1, -0.05) is 0 Å². The molecule has 2 aliphatic rings. The summed E-state index contributed by atoms with van der Waals surface area (Å²) in [6.07, 6.45) is -0.202. The van der Waals surface area contributed by atoms with Gasteiger partial charge in [-0.25, -0.2) is 14.0 Å². The smallest absolute Gasteiger partial charge is 0.414 e. The van der Waals surface area contributed by atoms with E-state index < -0.39 is 24.1 Å². The van der Waals surface area contributed by atoms with E-state index in [2.05, 4.69) is 11.4 Å². The van der Waals surface area contributed by atoms with Gasteiger partial charge in [0.2, 0.25) is 0 Å². The minimum absolute atomic E-state index is 0.0181. The van der Waals surface area contributed by atoms with Crippen molar-refractivity contribution in [3.63, 3.8) is 0 Å². The van der Waals surface area contributed by atoms with Gasteiger partial charge in [-0.2, -0.15) is 5.26 Å². The molecule has 2 N–H and O–H groups in total. The van der Waals surface area contributed by atoms with E-state index in [0.717, 1.165) is 12.8 Å². The molecule has 144 valence electrons. The number of carbonyl (C=O) groups excluding carboxylic acids is 1. The zero-order valence-corrected chi connectivity index (χ0v) is 14.7. The van der Waals surface area contributed by atoms with Crippen LogP contribution in [0.25, 0.3) is 0 Å². The van der Waals surface area contributed by atoms with Crippen LogP contribution in [-0.2, 0) is 4.74 Å². The Morgan fingerprint density at radius 3 is 2.78 bits per heavy atom. The fourth-order valence-corrected chi connectivity index (χ4v) is 3.47. The Kier molecular flexibility index (Phi) is 5.64. The maximum Gasteiger partial charge on any atom is 0.414 e. The van der Waals surface area contributed by atoms with Crippen LogP contribution in [0.2, 0.25) is 0 Å². The topological polar surface area (TPSA) is 106 Å². The molecule has 1 aromatic rings. The third-order valence-electron chi connectivity index (χ3n) is 4.93. The molecule has 0 radical (unpaired) electrons. The van der Waals surface area contributed by atoms with E-state index in [1.165, 1.54) is 11.0 Å². The van der Waals surface area contributed by atoms with Crippen LogP contribution < -0.4 is 15.1 Å². The molecule has 3 rings (SSSR count). The summed E-state index contributed by atoms with van der Waals surface area (Å²) < 4.78 is 19.8. The van der Waals surface area contributed by atoms with Gasteiger partial charge < -0.3 is 20.1 Å². The van der Waals surface area contributed by atoms with Gasteiger partial charge in [-0.05, 0) is 37.0 Å². The van der Waals surface area contributed by atoms with E-state index in [1.807, 2.05) is 4.90 Å². The number of carboxylic acid groups (broad SMARTS) is 1. The summed E-state index contributed by atoms with van der Waals surface area (Å²) in [5.41, 5.74) is 0.851. The maximum absolute atomic E-state index is 14.6. The van der Waals surface area contributed by atoms with Crippen molar-refractivity contribution < 1.29 is 23.8 Å². The molecule has 9 heteroatoms. The molecular formula is C18H21FN4O4. The largest absolute Gasteiger partial charge is 0.465 e. The minimum atomic E-state index is -1.20. The molecule has 0 aliphatic carbocycles. The summed E-state index contributed by atoms with van der Waals surface area (Å²) in [4.78, 5) is 25.8. The van der Waals surface area contributed by atoms with Gasteiger partial charge in [0.05, 0.1) is 30.5 Å². The first-order valence-corrected chi connectivity index (χ1v) is 8.84. The lowest BCUT2D eigenvalue weighted by atomic mass is 9.94. The van der Waals surface area contributed by atoms with Crippen molar-refractivity contribution in [3.8, 4) is 6.07 Å². The number of nitrogens with zero attached hydrogens (tertiary/aromatic N) is 3. The van der Waals surface area contributed by atoms with Crippen molar-refractivity contribution in [2.24, 2.45) is 5.92 Å². The molecule has 0 spiro atoms. The number of carbonyl (C=O) groups is 2. The molecule has 8 nitrogen and oxygen atoms in total. The average molecular weight is 376 g/mol. The standard InChI is InChI=1S/C18H21FN4O4/c19-15-9-13(23-11-14(27-18(23)26)10-21-17(24)25)1-2-16(15)22-7-4-12(3-6-20)5-8-22/h1-2,9,12,14,21H,3-5,7-8,10-11H2,(H,24,25). The predicted molar refractivity (Wildman–Crippen MR) is 95.2 cm³/mol. The molecule has 1 atom stereocenters. The van der Waals surface area contributed by atoms with Crippen LogP contribution in [0, 0.1) is 23.1 Å². The molecule has 0 saturated carbocycles. The lowest BCUT2D eigenvalue weighted by molar-refractivity contribution is 0.136. The molecule has 1 aromatic carbocycles. The highest BCUT2D eigenvalue weighted by Crippen LogP contribution is 2.31. The van der Waals surface area contributed by atoms with E-state index in [0.29, 0.717) is 36.8 Å². The number of cyclic esters (lactones) is 1. The number of amides is 2. The predicted octanol–water partition coefficient (Wildman–Crippen LogP) is 2.55. The number of nitrogens with one attached hydrogen (secondary N) is 1. The number of piperidine rings is 1. The van der Waals surface area contributed by atoms with Gasteiger partial charge in [0, 0.05) is 19.5 Å². The lowest BCUT2D eigenvalue weighted by Crippen LogP contribution is -2.34. The van der Waals surface area contributed by atoms with Crippen molar-refractivity contribution in [2.45, 2.75) is 25.4 Å². The number of nitriles is 1. The Balaban J connectivity index is 1.64. The van der Waals surface area contributed by atoms with Gasteiger partial charge >= 0.3 is 12.2 Å². The summed E-state index contributed by atoms with van der Waals surface area (Å²) in [6, 6.07) is 6.79. The highest BCUT2D eigenvalue weighted by Gasteiger charge is 2.33. The molecule has 27 heavy (non-hydrogen) atoms. The lowest BCUT2D eigenvalue weighted by Gasteiger charge is -2.33. The van der Waals surface area contributed by atoms with E-state index in [9.17, 15) is 14.0 Å². The van der Waals surface area contributed by atoms with E-state index in [1.54, 1.807) is 12.1 Å². The molecule has 0 aromatic heterocycles. The normalized spacial score (nSPS) is 20.3. The second-order valence-electron chi connectivity index (χ2n) is 6.73. The molecular weight excluding hydrogens is 355 g/mol. The Labute approximate surface area is 156 Å². The van der Waals surface area contributed by atoms with Crippen LogP contribution in [0.3, 0.4) is 0 Å². The molecule has 1 unspecified atom stereocenters. The van der Waals surface area contributed by atoms with E-state index in [4.69, 9.17) is 15.1 Å². The van der Waals surface area contributed by atoms with Gasteiger partial charge in [0.15, 0.2) is 0 Å². The number of ether oxygens (including phenoxy) is 1. The zero-order valence-electron chi connectivity index (χ0n) is 14.7. The molecule has 2 amide bonds. The summed E-state index contributed by atoms with van der Waals surface area (Å²) in [5, 5.41) is 19.6. The fraction of sp³-hybridized carbons (Fsp3) is 0.500. The fourth-order valence-electron chi connectivity index (χ4n) is 3.47. The van der Waals surface area contributed by atoms with Crippen LogP contribution >= 0.6 is 0 Å². The summed E-state index contributed by atoms with van der Waals surface area (Å²) in [5.74, 6) is -0.0598. The summed E-state index contributed by atoms with van der Waals surface area (Å²) in [7, 11) is 0. The Bertz CT molecular complexity index is 758.